The molecule has 2 aliphatic heterocycles. The van der Waals surface area contributed by atoms with Crippen LogP contribution in [0.5, 0.6) is 0 Å². The highest BCUT2D eigenvalue weighted by Gasteiger charge is 2.48. The van der Waals surface area contributed by atoms with Gasteiger partial charge in [0.15, 0.2) is 0 Å². The van der Waals surface area contributed by atoms with Crippen molar-refractivity contribution in [2.75, 3.05) is 0 Å². The van der Waals surface area contributed by atoms with Gasteiger partial charge in [-0.05, 0) is 44.2 Å². The number of aryl methyl sites for hydroxylation is 1. The van der Waals surface area contributed by atoms with E-state index in [2.05, 4.69) is 46.3 Å². The van der Waals surface area contributed by atoms with E-state index < -0.39 is 5.60 Å². The van der Waals surface area contributed by atoms with Crippen molar-refractivity contribution in [2.45, 2.75) is 56.8 Å². The summed E-state index contributed by atoms with van der Waals surface area (Å²) in [5.74, 6) is 0. The molecule has 3 nitrogen and oxygen atoms in total. The number of rotatable bonds is 3. The molecular weight excluding hydrogens is 284 g/mol. The average molecular weight is 308 g/mol. The zero-order valence-electron chi connectivity index (χ0n) is 13.7. The number of piperidine rings is 1. The second-order valence-electron chi connectivity index (χ2n) is 7.17. The Hall–Kier alpha value is -1.71. The molecule has 2 aliphatic rings. The van der Waals surface area contributed by atoms with Gasteiger partial charge in [-0.2, -0.15) is 0 Å². The van der Waals surface area contributed by atoms with Gasteiger partial charge >= 0.3 is 0 Å². The number of aliphatic hydroxyl groups is 1. The second kappa shape index (κ2) is 5.73. The van der Waals surface area contributed by atoms with E-state index in [0.29, 0.717) is 12.1 Å². The van der Waals surface area contributed by atoms with Crippen LogP contribution in [0, 0.1) is 6.92 Å². The van der Waals surface area contributed by atoms with Crippen molar-refractivity contribution in [1.82, 2.24) is 9.88 Å². The molecule has 3 heterocycles. The summed E-state index contributed by atoms with van der Waals surface area (Å²) in [5, 5.41) is 11.2. The van der Waals surface area contributed by atoms with Gasteiger partial charge in [0, 0.05) is 36.1 Å². The molecule has 0 saturated carbocycles. The monoisotopic (exact) mass is 308 g/mol. The summed E-state index contributed by atoms with van der Waals surface area (Å²) in [4.78, 5) is 6.99. The van der Waals surface area contributed by atoms with Crippen LogP contribution in [0.4, 0.5) is 0 Å². The molecule has 2 atom stereocenters. The minimum atomic E-state index is -0.709. The Labute approximate surface area is 138 Å². The van der Waals surface area contributed by atoms with Gasteiger partial charge in [0.25, 0.3) is 0 Å². The standard InChI is InChI=1S/C20H24N2O/c1-15-7-8-17(13-21-15)20(23)11-18-9-10-19(12-20)22(18)14-16-5-3-2-4-6-16/h2-8,13,18-19,23H,9-12,14H2,1H3. The van der Waals surface area contributed by atoms with Crippen LogP contribution in [0.25, 0.3) is 0 Å². The van der Waals surface area contributed by atoms with E-state index in [0.717, 1.165) is 30.6 Å². The van der Waals surface area contributed by atoms with Gasteiger partial charge in [-0.3, -0.25) is 9.88 Å². The molecule has 1 aromatic carbocycles. The number of aromatic nitrogens is 1. The summed E-state index contributed by atoms with van der Waals surface area (Å²) in [6.45, 7) is 2.98. The molecule has 0 aliphatic carbocycles. The van der Waals surface area contributed by atoms with Crippen LogP contribution in [0.3, 0.4) is 0 Å². The number of nitrogens with zero attached hydrogens (tertiary/aromatic N) is 2. The minimum absolute atomic E-state index is 0.472. The fourth-order valence-electron chi connectivity index (χ4n) is 4.35. The molecule has 2 unspecified atom stereocenters. The van der Waals surface area contributed by atoms with Crippen molar-refractivity contribution < 1.29 is 5.11 Å². The molecule has 0 amide bonds. The van der Waals surface area contributed by atoms with E-state index in [1.807, 2.05) is 19.2 Å². The Bertz CT molecular complexity index is 654. The first kappa shape index (κ1) is 14.9. The van der Waals surface area contributed by atoms with Gasteiger partial charge in [-0.15, -0.1) is 0 Å². The first-order chi connectivity index (χ1) is 11.1. The third-order valence-corrected chi connectivity index (χ3v) is 5.57. The van der Waals surface area contributed by atoms with E-state index in [4.69, 9.17) is 0 Å². The van der Waals surface area contributed by atoms with Crippen molar-refractivity contribution in [2.24, 2.45) is 0 Å². The van der Waals surface area contributed by atoms with Crippen LogP contribution in [0.1, 0.15) is 42.5 Å². The van der Waals surface area contributed by atoms with Gasteiger partial charge in [0.2, 0.25) is 0 Å². The number of hydrogen-bond donors (Lipinski definition) is 1. The van der Waals surface area contributed by atoms with Crippen molar-refractivity contribution >= 4 is 0 Å². The third kappa shape index (κ3) is 2.79. The zero-order chi connectivity index (χ0) is 15.9. The Morgan fingerprint density at radius 3 is 2.39 bits per heavy atom. The topological polar surface area (TPSA) is 36.4 Å². The highest BCUT2D eigenvalue weighted by atomic mass is 16.3. The number of pyridine rings is 1. The van der Waals surface area contributed by atoms with Crippen LogP contribution in [-0.4, -0.2) is 27.1 Å². The lowest BCUT2D eigenvalue weighted by molar-refractivity contribution is -0.0597. The zero-order valence-corrected chi connectivity index (χ0v) is 13.7. The van der Waals surface area contributed by atoms with E-state index in [-0.39, 0.29) is 0 Å². The lowest BCUT2D eigenvalue weighted by Gasteiger charge is -2.44. The van der Waals surface area contributed by atoms with E-state index >= 15 is 0 Å². The van der Waals surface area contributed by atoms with Gasteiger partial charge < -0.3 is 5.11 Å². The summed E-state index contributed by atoms with van der Waals surface area (Å²) in [6.07, 6.45) is 5.89. The first-order valence-corrected chi connectivity index (χ1v) is 8.59. The first-order valence-electron chi connectivity index (χ1n) is 8.59. The van der Waals surface area contributed by atoms with Gasteiger partial charge in [0.05, 0.1) is 5.60 Å². The van der Waals surface area contributed by atoms with E-state index in [1.165, 1.54) is 18.4 Å². The van der Waals surface area contributed by atoms with Gasteiger partial charge in [0.1, 0.15) is 0 Å². The van der Waals surface area contributed by atoms with Crippen LogP contribution < -0.4 is 0 Å². The molecule has 2 bridgehead atoms. The molecule has 0 radical (unpaired) electrons. The van der Waals surface area contributed by atoms with E-state index in [1.54, 1.807) is 0 Å². The molecule has 3 heteroatoms. The largest absolute Gasteiger partial charge is 0.385 e. The summed E-state index contributed by atoms with van der Waals surface area (Å²) >= 11 is 0. The normalized spacial score (nSPS) is 30.5. The molecule has 4 rings (SSSR count). The molecule has 2 fully saturated rings. The molecule has 0 spiro atoms. The Balaban J connectivity index is 1.54. The number of hydrogen-bond acceptors (Lipinski definition) is 3. The summed E-state index contributed by atoms with van der Waals surface area (Å²) in [6, 6.07) is 15.7. The van der Waals surface area contributed by atoms with Gasteiger partial charge in [-0.1, -0.05) is 36.4 Å². The fraction of sp³-hybridized carbons (Fsp3) is 0.450. The van der Waals surface area contributed by atoms with Crippen molar-refractivity contribution in [3.8, 4) is 0 Å². The fourth-order valence-corrected chi connectivity index (χ4v) is 4.35. The van der Waals surface area contributed by atoms with Crippen LogP contribution >= 0.6 is 0 Å². The molecular formula is C20H24N2O. The number of benzene rings is 1. The second-order valence-corrected chi connectivity index (χ2v) is 7.17. The Kier molecular flexibility index (Phi) is 3.70. The maximum Gasteiger partial charge on any atom is 0.0941 e. The SMILES string of the molecule is Cc1ccc(C2(O)CC3CCC(C2)N3Cc2ccccc2)cn1. The summed E-state index contributed by atoms with van der Waals surface area (Å²) < 4.78 is 0. The number of fused-ring (bicyclic) bond motifs is 2. The third-order valence-electron chi connectivity index (χ3n) is 5.57. The summed E-state index contributed by atoms with van der Waals surface area (Å²) in [7, 11) is 0. The molecule has 120 valence electrons. The molecule has 1 N–H and O–H groups in total. The van der Waals surface area contributed by atoms with Crippen LogP contribution in [-0.2, 0) is 12.1 Å². The van der Waals surface area contributed by atoms with Crippen molar-refractivity contribution in [3.05, 3.63) is 65.5 Å². The lowest BCUT2D eigenvalue weighted by atomic mass is 9.81. The van der Waals surface area contributed by atoms with E-state index in [9.17, 15) is 5.11 Å². The molecule has 23 heavy (non-hydrogen) atoms. The smallest absolute Gasteiger partial charge is 0.0941 e. The lowest BCUT2D eigenvalue weighted by Crippen LogP contribution is -2.49. The highest BCUT2D eigenvalue weighted by molar-refractivity contribution is 5.24. The maximum absolute atomic E-state index is 11.2. The molecule has 1 aromatic heterocycles. The van der Waals surface area contributed by atoms with Gasteiger partial charge in [-0.25, -0.2) is 0 Å². The maximum atomic E-state index is 11.2. The van der Waals surface area contributed by atoms with Crippen LogP contribution in [0.2, 0.25) is 0 Å². The summed E-state index contributed by atoms with van der Waals surface area (Å²) in [5.41, 5.74) is 2.65. The Morgan fingerprint density at radius 2 is 1.78 bits per heavy atom. The van der Waals surface area contributed by atoms with Crippen molar-refractivity contribution in [1.29, 1.82) is 0 Å². The van der Waals surface area contributed by atoms with Crippen molar-refractivity contribution in [3.63, 3.8) is 0 Å². The minimum Gasteiger partial charge on any atom is -0.385 e. The predicted octanol–water partition coefficient (Wildman–Crippen LogP) is 3.40. The predicted molar refractivity (Wildman–Crippen MR) is 90.9 cm³/mol. The highest BCUT2D eigenvalue weighted by Crippen LogP contribution is 2.46. The quantitative estimate of drug-likeness (QED) is 0.944. The molecule has 2 aromatic rings. The Morgan fingerprint density at radius 1 is 1.09 bits per heavy atom. The molecule has 2 saturated heterocycles. The average Bonchev–Trinajstić information content (AvgIpc) is 2.80. The van der Waals surface area contributed by atoms with Crippen LogP contribution in [0.15, 0.2) is 48.7 Å².